The smallest absolute Gasteiger partial charge is 0.419 e. The second-order valence-corrected chi connectivity index (χ2v) is 5.40. The second kappa shape index (κ2) is 5.67. The Morgan fingerprint density at radius 3 is 2.82 bits per heavy atom. The van der Waals surface area contributed by atoms with Crippen molar-refractivity contribution in [1.29, 1.82) is 0 Å². The Balaban J connectivity index is 1.67. The minimum absolute atomic E-state index is 0.138. The molecule has 22 heavy (non-hydrogen) atoms. The maximum Gasteiger partial charge on any atom is 0.419 e. The molecule has 0 radical (unpaired) electrons. The highest BCUT2D eigenvalue weighted by Gasteiger charge is 2.30. The molecular weight excluding hydrogens is 288 g/mol. The zero-order valence-electron chi connectivity index (χ0n) is 11.9. The van der Waals surface area contributed by atoms with E-state index in [0.717, 1.165) is 0 Å². The molecule has 1 unspecified atom stereocenters. The predicted molar refractivity (Wildman–Crippen MR) is 77.4 cm³/mol. The van der Waals surface area contributed by atoms with Gasteiger partial charge in [0, 0.05) is 26.1 Å². The van der Waals surface area contributed by atoms with Gasteiger partial charge in [0.05, 0.1) is 11.4 Å². The number of aryl methyl sites for hydroxylation is 1. The molecule has 1 aliphatic heterocycles. The zero-order valence-corrected chi connectivity index (χ0v) is 11.9. The lowest BCUT2D eigenvalue weighted by atomic mass is 10.1. The molecule has 7 nitrogen and oxygen atoms in total. The van der Waals surface area contributed by atoms with E-state index in [9.17, 15) is 14.4 Å². The Hall–Kier alpha value is -2.57. The number of para-hydroxylation sites is 2. The molecule has 1 atom stereocenters. The van der Waals surface area contributed by atoms with E-state index in [1.165, 1.54) is 4.57 Å². The third-order valence-corrected chi connectivity index (χ3v) is 4.01. The first-order valence-corrected chi connectivity index (χ1v) is 7.15. The molecule has 1 fully saturated rings. The fourth-order valence-electron chi connectivity index (χ4n) is 2.78. The molecule has 2 aromatic rings. The number of aliphatic carboxylic acids is 1. The molecule has 1 saturated heterocycles. The summed E-state index contributed by atoms with van der Waals surface area (Å²) >= 11 is 0. The fourth-order valence-corrected chi connectivity index (χ4v) is 2.78. The quantitative estimate of drug-likeness (QED) is 0.906. The Morgan fingerprint density at radius 2 is 2.09 bits per heavy atom. The number of carboxylic acid groups (broad SMARTS) is 1. The number of nitrogens with zero attached hydrogens (tertiary/aromatic N) is 2. The van der Waals surface area contributed by atoms with E-state index in [1.807, 2.05) is 0 Å². The molecule has 1 aromatic carbocycles. The Labute approximate surface area is 125 Å². The van der Waals surface area contributed by atoms with Gasteiger partial charge in [-0.2, -0.15) is 0 Å². The average molecular weight is 304 g/mol. The van der Waals surface area contributed by atoms with E-state index in [2.05, 4.69) is 0 Å². The van der Waals surface area contributed by atoms with Gasteiger partial charge in [-0.1, -0.05) is 12.1 Å². The Kier molecular flexibility index (Phi) is 3.70. The standard InChI is InChI=1S/C15H16N2O5/c18-13(16-7-5-10(9-16)14(19)20)6-8-17-11-3-1-2-4-12(11)22-15(17)21/h1-4,10H,5-9H2,(H,19,20). The summed E-state index contributed by atoms with van der Waals surface area (Å²) in [7, 11) is 0. The molecular formula is C15H16N2O5. The largest absolute Gasteiger partial charge is 0.481 e. The summed E-state index contributed by atoms with van der Waals surface area (Å²) < 4.78 is 6.54. The van der Waals surface area contributed by atoms with Crippen molar-refractivity contribution in [3.05, 3.63) is 34.8 Å². The molecule has 3 rings (SSSR count). The van der Waals surface area contributed by atoms with Crippen molar-refractivity contribution in [3.8, 4) is 0 Å². The van der Waals surface area contributed by atoms with Crippen LogP contribution in [0.15, 0.2) is 33.5 Å². The van der Waals surface area contributed by atoms with E-state index in [1.54, 1.807) is 29.2 Å². The highest BCUT2D eigenvalue weighted by Crippen LogP contribution is 2.18. The minimum Gasteiger partial charge on any atom is -0.481 e. The van der Waals surface area contributed by atoms with Crippen molar-refractivity contribution in [2.24, 2.45) is 5.92 Å². The van der Waals surface area contributed by atoms with Gasteiger partial charge in [-0.05, 0) is 18.6 Å². The molecule has 116 valence electrons. The molecule has 1 N–H and O–H groups in total. The molecule has 0 spiro atoms. The Morgan fingerprint density at radius 1 is 1.32 bits per heavy atom. The van der Waals surface area contributed by atoms with Crippen LogP contribution in [-0.4, -0.2) is 39.5 Å². The topological polar surface area (TPSA) is 92.8 Å². The first-order chi connectivity index (χ1) is 10.6. The monoisotopic (exact) mass is 304 g/mol. The van der Waals surface area contributed by atoms with Crippen LogP contribution in [0.25, 0.3) is 11.1 Å². The third-order valence-electron chi connectivity index (χ3n) is 4.01. The number of hydrogen-bond donors (Lipinski definition) is 1. The number of carbonyl (C=O) groups excluding carboxylic acids is 1. The number of carboxylic acids is 1. The van der Waals surface area contributed by atoms with Crippen LogP contribution >= 0.6 is 0 Å². The summed E-state index contributed by atoms with van der Waals surface area (Å²) in [6.45, 7) is 0.926. The lowest BCUT2D eigenvalue weighted by Gasteiger charge is -2.15. The van der Waals surface area contributed by atoms with Crippen molar-refractivity contribution >= 4 is 23.0 Å². The van der Waals surface area contributed by atoms with Crippen LogP contribution in [0.3, 0.4) is 0 Å². The molecule has 7 heteroatoms. The SMILES string of the molecule is O=C(O)C1CCN(C(=O)CCn2c(=O)oc3ccccc32)C1. The predicted octanol–water partition coefficient (Wildman–Crippen LogP) is 0.918. The number of fused-ring (bicyclic) bond motifs is 1. The van der Waals surface area contributed by atoms with Gasteiger partial charge in [0.15, 0.2) is 5.58 Å². The summed E-state index contributed by atoms with van der Waals surface area (Å²) in [6, 6.07) is 7.04. The van der Waals surface area contributed by atoms with Gasteiger partial charge in [0.1, 0.15) is 0 Å². The van der Waals surface area contributed by atoms with Crippen LogP contribution < -0.4 is 5.76 Å². The number of benzene rings is 1. The normalized spacial score (nSPS) is 18.0. The second-order valence-electron chi connectivity index (χ2n) is 5.40. The van der Waals surface area contributed by atoms with Gasteiger partial charge in [-0.15, -0.1) is 0 Å². The van der Waals surface area contributed by atoms with Gasteiger partial charge in [0.2, 0.25) is 5.91 Å². The van der Waals surface area contributed by atoms with Gasteiger partial charge in [0.25, 0.3) is 0 Å². The van der Waals surface area contributed by atoms with E-state index < -0.39 is 17.6 Å². The van der Waals surface area contributed by atoms with Crippen LogP contribution in [0, 0.1) is 5.92 Å². The van der Waals surface area contributed by atoms with Crippen molar-refractivity contribution in [2.45, 2.75) is 19.4 Å². The van der Waals surface area contributed by atoms with Crippen LogP contribution in [0.2, 0.25) is 0 Å². The number of rotatable bonds is 4. The number of hydrogen-bond acceptors (Lipinski definition) is 4. The summed E-state index contributed by atoms with van der Waals surface area (Å²) in [6.07, 6.45) is 0.630. The van der Waals surface area contributed by atoms with Crippen LogP contribution in [0.1, 0.15) is 12.8 Å². The summed E-state index contributed by atoms with van der Waals surface area (Å²) in [5.74, 6) is -1.98. The lowest BCUT2D eigenvalue weighted by molar-refractivity contribution is -0.141. The first-order valence-electron chi connectivity index (χ1n) is 7.15. The lowest BCUT2D eigenvalue weighted by Crippen LogP contribution is -2.31. The van der Waals surface area contributed by atoms with Crippen LogP contribution in [-0.2, 0) is 16.1 Å². The van der Waals surface area contributed by atoms with Crippen molar-refractivity contribution < 1.29 is 19.1 Å². The first kappa shape index (κ1) is 14.4. The highest BCUT2D eigenvalue weighted by atomic mass is 16.4. The molecule has 0 bridgehead atoms. The molecule has 0 aliphatic carbocycles. The molecule has 1 amide bonds. The average Bonchev–Trinajstić information content (AvgIpc) is 3.09. The van der Waals surface area contributed by atoms with Crippen molar-refractivity contribution in [3.63, 3.8) is 0 Å². The maximum absolute atomic E-state index is 12.1. The van der Waals surface area contributed by atoms with Gasteiger partial charge < -0.3 is 14.4 Å². The Bertz CT molecular complexity index is 776. The minimum atomic E-state index is -0.868. The van der Waals surface area contributed by atoms with E-state index in [4.69, 9.17) is 9.52 Å². The number of carbonyl (C=O) groups is 2. The van der Waals surface area contributed by atoms with Gasteiger partial charge in [-0.25, -0.2) is 4.79 Å². The summed E-state index contributed by atoms with van der Waals surface area (Å²) in [5, 5.41) is 8.95. The summed E-state index contributed by atoms with van der Waals surface area (Å²) in [5.41, 5.74) is 1.15. The fraction of sp³-hybridized carbons (Fsp3) is 0.400. The number of oxazole rings is 1. The van der Waals surface area contributed by atoms with Gasteiger partial charge in [-0.3, -0.25) is 14.2 Å². The maximum atomic E-state index is 12.1. The van der Waals surface area contributed by atoms with Crippen LogP contribution in [0.4, 0.5) is 0 Å². The number of likely N-dealkylation sites (tertiary alicyclic amines) is 1. The van der Waals surface area contributed by atoms with E-state index in [-0.39, 0.29) is 25.4 Å². The molecule has 1 aliphatic rings. The van der Waals surface area contributed by atoms with E-state index in [0.29, 0.717) is 24.1 Å². The van der Waals surface area contributed by atoms with E-state index >= 15 is 0 Å². The number of aromatic nitrogens is 1. The van der Waals surface area contributed by atoms with Crippen molar-refractivity contribution in [2.75, 3.05) is 13.1 Å². The molecule has 1 aromatic heterocycles. The van der Waals surface area contributed by atoms with Crippen LogP contribution in [0.5, 0.6) is 0 Å². The van der Waals surface area contributed by atoms with Gasteiger partial charge >= 0.3 is 11.7 Å². The zero-order chi connectivity index (χ0) is 15.7. The number of amides is 1. The molecule has 2 heterocycles. The molecule has 0 saturated carbocycles. The highest BCUT2D eigenvalue weighted by molar-refractivity contribution is 5.79. The third kappa shape index (κ3) is 2.61. The van der Waals surface area contributed by atoms with Crippen molar-refractivity contribution in [1.82, 2.24) is 9.47 Å². The summed E-state index contributed by atoms with van der Waals surface area (Å²) in [4.78, 5) is 36.4.